The zero-order valence-electron chi connectivity index (χ0n) is 12.9. The van der Waals surface area contributed by atoms with Crippen LogP contribution in [0, 0.1) is 13.8 Å². The highest BCUT2D eigenvalue weighted by Crippen LogP contribution is 2.19. The van der Waals surface area contributed by atoms with Crippen molar-refractivity contribution < 1.29 is 9.53 Å². The SMILES string of the molecule is Cc1ccc(C)c(OCCCC(=O)Nc2ccc(Cl)cc2)c1. The largest absolute Gasteiger partial charge is 0.493 e. The van der Waals surface area contributed by atoms with Gasteiger partial charge < -0.3 is 10.1 Å². The van der Waals surface area contributed by atoms with Crippen molar-refractivity contribution in [3.05, 3.63) is 58.6 Å². The molecule has 2 aromatic rings. The van der Waals surface area contributed by atoms with Gasteiger partial charge in [-0.2, -0.15) is 0 Å². The molecule has 116 valence electrons. The minimum atomic E-state index is -0.0214. The van der Waals surface area contributed by atoms with Gasteiger partial charge in [0.1, 0.15) is 5.75 Å². The summed E-state index contributed by atoms with van der Waals surface area (Å²) in [6.45, 7) is 4.58. The van der Waals surface area contributed by atoms with Crippen LogP contribution in [0.1, 0.15) is 24.0 Å². The summed E-state index contributed by atoms with van der Waals surface area (Å²) in [4.78, 5) is 11.8. The molecule has 0 atom stereocenters. The minimum Gasteiger partial charge on any atom is -0.493 e. The smallest absolute Gasteiger partial charge is 0.224 e. The van der Waals surface area contributed by atoms with Crippen LogP contribution in [-0.2, 0) is 4.79 Å². The second kappa shape index (κ2) is 7.85. The van der Waals surface area contributed by atoms with Gasteiger partial charge in [-0.15, -0.1) is 0 Å². The van der Waals surface area contributed by atoms with Crippen LogP contribution in [0.25, 0.3) is 0 Å². The van der Waals surface area contributed by atoms with Crippen LogP contribution in [0.2, 0.25) is 5.02 Å². The molecule has 3 nitrogen and oxygen atoms in total. The lowest BCUT2D eigenvalue weighted by molar-refractivity contribution is -0.116. The standard InChI is InChI=1S/C18H20ClNO2/c1-13-5-6-14(2)17(12-13)22-11-3-4-18(21)20-16-9-7-15(19)8-10-16/h5-10,12H,3-4,11H2,1-2H3,(H,20,21). The molecule has 0 bridgehead atoms. The Kier molecular flexibility index (Phi) is 5.84. The Morgan fingerprint density at radius 2 is 1.86 bits per heavy atom. The third-order valence-corrected chi connectivity index (χ3v) is 3.53. The highest BCUT2D eigenvalue weighted by atomic mass is 35.5. The van der Waals surface area contributed by atoms with E-state index in [9.17, 15) is 4.79 Å². The Morgan fingerprint density at radius 1 is 1.14 bits per heavy atom. The molecule has 0 spiro atoms. The zero-order chi connectivity index (χ0) is 15.9. The molecule has 0 aliphatic heterocycles. The van der Waals surface area contributed by atoms with Crippen molar-refractivity contribution in [1.29, 1.82) is 0 Å². The molecular weight excluding hydrogens is 298 g/mol. The van der Waals surface area contributed by atoms with Crippen LogP contribution in [0.5, 0.6) is 5.75 Å². The molecule has 0 aromatic heterocycles. The highest BCUT2D eigenvalue weighted by Gasteiger charge is 2.04. The van der Waals surface area contributed by atoms with Crippen LogP contribution < -0.4 is 10.1 Å². The quantitative estimate of drug-likeness (QED) is 0.780. The monoisotopic (exact) mass is 317 g/mol. The Hall–Kier alpha value is -2.00. The molecule has 0 aliphatic rings. The van der Waals surface area contributed by atoms with Crippen LogP contribution >= 0.6 is 11.6 Å². The summed E-state index contributed by atoms with van der Waals surface area (Å²) >= 11 is 5.80. The number of carbonyl (C=O) groups excluding carboxylic acids is 1. The second-order valence-electron chi connectivity index (χ2n) is 5.28. The Bertz CT molecular complexity index is 638. The van der Waals surface area contributed by atoms with Crippen molar-refractivity contribution >= 4 is 23.2 Å². The maximum atomic E-state index is 11.8. The molecule has 0 radical (unpaired) electrons. The van der Waals surface area contributed by atoms with Gasteiger partial charge in [0.15, 0.2) is 0 Å². The summed E-state index contributed by atoms with van der Waals surface area (Å²) < 4.78 is 5.74. The number of benzene rings is 2. The predicted octanol–water partition coefficient (Wildman–Crippen LogP) is 4.75. The third kappa shape index (κ3) is 5.08. The Labute approximate surface area is 136 Å². The number of ether oxygens (including phenoxy) is 1. The average molecular weight is 318 g/mol. The number of hydrogen-bond acceptors (Lipinski definition) is 2. The maximum Gasteiger partial charge on any atom is 0.224 e. The minimum absolute atomic E-state index is 0.0214. The van der Waals surface area contributed by atoms with Gasteiger partial charge in [0.2, 0.25) is 5.91 Å². The number of carbonyl (C=O) groups is 1. The number of hydrogen-bond donors (Lipinski definition) is 1. The molecule has 0 aliphatic carbocycles. The third-order valence-electron chi connectivity index (χ3n) is 3.28. The van der Waals surface area contributed by atoms with E-state index in [2.05, 4.69) is 11.4 Å². The van der Waals surface area contributed by atoms with Gasteiger partial charge in [-0.3, -0.25) is 4.79 Å². The van der Waals surface area contributed by atoms with Gasteiger partial charge in [0.05, 0.1) is 6.61 Å². The van der Waals surface area contributed by atoms with Gasteiger partial charge in [-0.25, -0.2) is 0 Å². The lowest BCUT2D eigenvalue weighted by Crippen LogP contribution is -2.12. The van der Waals surface area contributed by atoms with Gasteiger partial charge in [-0.1, -0.05) is 23.7 Å². The molecule has 0 saturated heterocycles. The summed E-state index contributed by atoms with van der Waals surface area (Å²) in [5.41, 5.74) is 3.03. The van der Waals surface area contributed by atoms with Crippen molar-refractivity contribution in [1.82, 2.24) is 0 Å². The van der Waals surface area contributed by atoms with E-state index in [-0.39, 0.29) is 5.91 Å². The summed E-state index contributed by atoms with van der Waals surface area (Å²) in [5, 5.41) is 3.49. The van der Waals surface area contributed by atoms with Gasteiger partial charge in [0, 0.05) is 17.1 Å². The molecule has 22 heavy (non-hydrogen) atoms. The van der Waals surface area contributed by atoms with Crippen LogP contribution in [0.3, 0.4) is 0 Å². The maximum absolute atomic E-state index is 11.8. The van der Waals surface area contributed by atoms with Crippen molar-refractivity contribution in [2.75, 3.05) is 11.9 Å². The fourth-order valence-electron chi connectivity index (χ4n) is 2.03. The Morgan fingerprint density at radius 3 is 2.59 bits per heavy atom. The molecule has 1 amide bonds. The van der Waals surface area contributed by atoms with E-state index < -0.39 is 0 Å². The summed E-state index contributed by atoms with van der Waals surface area (Å²) in [7, 11) is 0. The van der Waals surface area contributed by atoms with Crippen molar-refractivity contribution in [2.45, 2.75) is 26.7 Å². The summed E-state index contributed by atoms with van der Waals surface area (Å²) in [6.07, 6.45) is 1.10. The van der Waals surface area contributed by atoms with E-state index in [1.165, 1.54) is 5.56 Å². The number of halogens is 1. The van der Waals surface area contributed by atoms with E-state index in [0.717, 1.165) is 17.0 Å². The zero-order valence-corrected chi connectivity index (χ0v) is 13.6. The van der Waals surface area contributed by atoms with E-state index in [1.807, 2.05) is 26.0 Å². The molecule has 2 rings (SSSR count). The highest BCUT2D eigenvalue weighted by molar-refractivity contribution is 6.30. The topological polar surface area (TPSA) is 38.3 Å². The van der Waals surface area contributed by atoms with E-state index >= 15 is 0 Å². The molecule has 1 N–H and O–H groups in total. The molecule has 2 aromatic carbocycles. The lowest BCUT2D eigenvalue weighted by atomic mass is 10.1. The summed E-state index contributed by atoms with van der Waals surface area (Å²) in [5.74, 6) is 0.866. The number of rotatable bonds is 6. The first-order valence-corrected chi connectivity index (χ1v) is 7.68. The predicted molar refractivity (Wildman–Crippen MR) is 90.7 cm³/mol. The lowest BCUT2D eigenvalue weighted by Gasteiger charge is -2.10. The molecule has 0 heterocycles. The average Bonchev–Trinajstić information content (AvgIpc) is 2.49. The first kappa shape index (κ1) is 16.4. The fraction of sp³-hybridized carbons (Fsp3) is 0.278. The van der Waals surface area contributed by atoms with E-state index in [1.54, 1.807) is 24.3 Å². The van der Waals surface area contributed by atoms with Crippen molar-refractivity contribution in [3.63, 3.8) is 0 Å². The van der Waals surface area contributed by atoms with E-state index in [0.29, 0.717) is 24.5 Å². The van der Waals surface area contributed by atoms with Gasteiger partial charge >= 0.3 is 0 Å². The van der Waals surface area contributed by atoms with Crippen molar-refractivity contribution in [2.24, 2.45) is 0 Å². The number of aryl methyl sites for hydroxylation is 2. The molecule has 0 saturated carbocycles. The first-order valence-electron chi connectivity index (χ1n) is 7.30. The van der Waals surface area contributed by atoms with Crippen LogP contribution in [0.4, 0.5) is 5.69 Å². The van der Waals surface area contributed by atoms with Crippen molar-refractivity contribution in [3.8, 4) is 5.75 Å². The Balaban J connectivity index is 1.73. The van der Waals surface area contributed by atoms with Crippen LogP contribution in [0.15, 0.2) is 42.5 Å². The summed E-state index contributed by atoms with van der Waals surface area (Å²) in [6, 6.07) is 13.2. The molecule has 0 fully saturated rings. The van der Waals surface area contributed by atoms with Crippen LogP contribution in [-0.4, -0.2) is 12.5 Å². The van der Waals surface area contributed by atoms with E-state index in [4.69, 9.17) is 16.3 Å². The van der Waals surface area contributed by atoms with Gasteiger partial charge in [-0.05, 0) is 61.7 Å². The molecule has 0 unspecified atom stereocenters. The number of amides is 1. The second-order valence-corrected chi connectivity index (χ2v) is 5.71. The number of anilines is 1. The first-order chi connectivity index (χ1) is 10.5. The molecule has 4 heteroatoms. The normalized spacial score (nSPS) is 10.3. The van der Waals surface area contributed by atoms with Gasteiger partial charge in [0.25, 0.3) is 0 Å². The number of nitrogens with one attached hydrogen (secondary N) is 1. The fourth-order valence-corrected chi connectivity index (χ4v) is 2.16. The molecular formula is C18H20ClNO2.